The molecule has 0 spiro atoms. The minimum atomic E-state index is -0.657. The van der Waals surface area contributed by atoms with Crippen molar-refractivity contribution < 1.29 is 14.3 Å². The lowest BCUT2D eigenvalue weighted by molar-refractivity contribution is -0.146. The molecule has 3 heterocycles. The number of nitrogens with zero attached hydrogens (tertiary/aromatic N) is 3. The molecule has 2 saturated heterocycles. The quantitative estimate of drug-likeness (QED) is 0.615. The second-order valence-corrected chi connectivity index (χ2v) is 10.0. The number of pyridine rings is 1. The first-order valence-corrected chi connectivity index (χ1v) is 12.6. The highest BCUT2D eigenvalue weighted by atomic mass is 16.5. The smallest absolute Gasteiger partial charge is 0.313 e. The Morgan fingerprint density at radius 2 is 2.03 bits per heavy atom. The SMILES string of the molecule is CCc1cc(NC(=O)C(=O)N2C[C@@H](C)CC[C@@H]2c2cccc(OC[C@H]3CCN(C)C3)c2)cnc1N. The van der Waals surface area contributed by atoms with Crippen LogP contribution in [0.3, 0.4) is 0 Å². The van der Waals surface area contributed by atoms with E-state index in [1.807, 2.05) is 31.2 Å². The summed E-state index contributed by atoms with van der Waals surface area (Å²) < 4.78 is 6.12. The summed E-state index contributed by atoms with van der Waals surface area (Å²) >= 11 is 0. The van der Waals surface area contributed by atoms with Crippen LogP contribution in [0.5, 0.6) is 5.75 Å². The number of nitrogen functional groups attached to an aromatic ring is 1. The van der Waals surface area contributed by atoms with Crippen molar-refractivity contribution in [1.82, 2.24) is 14.8 Å². The average Bonchev–Trinajstić information content (AvgIpc) is 3.28. The van der Waals surface area contributed by atoms with Crippen molar-refractivity contribution in [3.63, 3.8) is 0 Å². The molecular formula is C27H37N5O3. The largest absolute Gasteiger partial charge is 0.493 e. The second kappa shape index (κ2) is 11.1. The van der Waals surface area contributed by atoms with E-state index in [-0.39, 0.29) is 6.04 Å². The predicted molar refractivity (Wildman–Crippen MR) is 137 cm³/mol. The third-order valence-corrected chi connectivity index (χ3v) is 7.13. The van der Waals surface area contributed by atoms with Gasteiger partial charge in [0.2, 0.25) is 0 Å². The topological polar surface area (TPSA) is 101 Å². The number of hydrogen-bond donors (Lipinski definition) is 2. The standard InChI is InChI=1S/C27H37N5O3/c1-4-20-12-22(14-29-25(20)28)30-26(33)27(34)32-15-18(2)8-9-24(32)21-6-5-7-23(13-21)35-17-19-10-11-31(3)16-19/h5-7,12-14,18-19,24H,4,8-11,15-17H2,1-3H3,(H2,28,29)(H,30,33)/t18-,19-,24+/m0/s1. The Labute approximate surface area is 207 Å². The molecule has 0 unspecified atom stereocenters. The van der Waals surface area contributed by atoms with Gasteiger partial charge in [-0.25, -0.2) is 4.98 Å². The molecule has 35 heavy (non-hydrogen) atoms. The first-order chi connectivity index (χ1) is 16.8. The first-order valence-electron chi connectivity index (χ1n) is 12.6. The Kier molecular flexibility index (Phi) is 7.90. The Morgan fingerprint density at radius 1 is 1.20 bits per heavy atom. The van der Waals surface area contributed by atoms with E-state index in [9.17, 15) is 9.59 Å². The van der Waals surface area contributed by atoms with Gasteiger partial charge in [0.15, 0.2) is 0 Å². The van der Waals surface area contributed by atoms with E-state index in [0.29, 0.717) is 42.9 Å². The summed E-state index contributed by atoms with van der Waals surface area (Å²) in [4.78, 5) is 34.4. The molecule has 0 radical (unpaired) electrons. The Balaban J connectivity index is 1.46. The fraction of sp³-hybridized carbons (Fsp3) is 0.519. The number of aryl methyl sites for hydroxylation is 1. The van der Waals surface area contributed by atoms with Gasteiger partial charge < -0.3 is 25.6 Å². The summed E-state index contributed by atoms with van der Waals surface area (Å²) in [5.74, 6) is 0.923. The van der Waals surface area contributed by atoms with E-state index >= 15 is 0 Å². The molecule has 2 aromatic rings. The van der Waals surface area contributed by atoms with Crippen molar-refractivity contribution >= 4 is 23.3 Å². The first kappa shape index (κ1) is 25.0. The maximum atomic E-state index is 13.3. The fourth-order valence-corrected chi connectivity index (χ4v) is 5.10. The summed E-state index contributed by atoms with van der Waals surface area (Å²) in [5, 5.41) is 2.72. The van der Waals surface area contributed by atoms with Gasteiger partial charge in [0.25, 0.3) is 0 Å². The van der Waals surface area contributed by atoms with Gasteiger partial charge in [-0.15, -0.1) is 0 Å². The van der Waals surface area contributed by atoms with E-state index in [0.717, 1.165) is 49.2 Å². The van der Waals surface area contributed by atoms with Crippen LogP contribution in [0.15, 0.2) is 36.5 Å². The highest BCUT2D eigenvalue weighted by Gasteiger charge is 2.34. The lowest BCUT2D eigenvalue weighted by atomic mass is 9.89. The molecule has 2 aliphatic heterocycles. The molecule has 188 valence electrons. The van der Waals surface area contributed by atoms with Crippen LogP contribution in [0.2, 0.25) is 0 Å². The van der Waals surface area contributed by atoms with Gasteiger partial charge in [0, 0.05) is 19.0 Å². The molecule has 8 nitrogen and oxygen atoms in total. The number of carbonyl (C=O) groups is 2. The molecule has 2 aliphatic rings. The predicted octanol–water partition coefficient (Wildman–Crippen LogP) is 3.50. The number of nitrogens with one attached hydrogen (secondary N) is 1. The van der Waals surface area contributed by atoms with Crippen LogP contribution in [0.25, 0.3) is 0 Å². The molecule has 2 amide bonds. The summed E-state index contributed by atoms with van der Waals surface area (Å²) in [6.07, 6.45) is 5.13. The maximum absolute atomic E-state index is 13.3. The van der Waals surface area contributed by atoms with Crippen LogP contribution in [-0.2, 0) is 16.0 Å². The van der Waals surface area contributed by atoms with Crippen molar-refractivity contribution in [2.75, 3.05) is 44.3 Å². The Morgan fingerprint density at radius 3 is 2.77 bits per heavy atom. The van der Waals surface area contributed by atoms with Crippen molar-refractivity contribution in [2.45, 2.75) is 45.6 Å². The fourth-order valence-electron chi connectivity index (χ4n) is 5.10. The number of ether oxygens (including phenoxy) is 1. The highest BCUT2D eigenvalue weighted by Crippen LogP contribution is 2.35. The molecule has 8 heteroatoms. The van der Waals surface area contributed by atoms with E-state index in [1.54, 1.807) is 11.0 Å². The van der Waals surface area contributed by atoms with Gasteiger partial charge in [-0.05, 0) is 74.5 Å². The average molecular weight is 480 g/mol. The molecule has 0 saturated carbocycles. The Bertz CT molecular complexity index is 1060. The molecule has 4 rings (SSSR count). The number of rotatable bonds is 6. The zero-order valence-corrected chi connectivity index (χ0v) is 21.0. The molecule has 0 aliphatic carbocycles. The monoisotopic (exact) mass is 479 g/mol. The van der Waals surface area contributed by atoms with Gasteiger partial charge in [0.1, 0.15) is 11.6 Å². The van der Waals surface area contributed by atoms with Gasteiger partial charge >= 0.3 is 11.8 Å². The lowest BCUT2D eigenvalue weighted by Gasteiger charge is -2.38. The number of nitrogens with two attached hydrogens (primary N) is 1. The molecule has 1 aromatic heterocycles. The normalized spacial score (nSPS) is 22.7. The number of aromatic nitrogens is 1. The van der Waals surface area contributed by atoms with Crippen molar-refractivity contribution in [2.24, 2.45) is 11.8 Å². The number of benzene rings is 1. The molecule has 2 fully saturated rings. The minimum absolute atomic E-state index is 0.165. The third-order valence-electron chi connectivity index (χ3n) is 7.13. The lowest BCUT2D eigenvalue weighted by Crippen LogP contribution is -2.46. The van der Waals surface area contributed by atoms with Crippen LogP contribution < -0.4 is 15.8 Å². The van der Waals surface area contributed by atoms with Gasteiger partial charge in [-0.3, -0.25) is 9.59 Å². The summed E-state index contributed by atoms with van der Waals surface area (Å²) in [5.41, 5.74) is 8.18. The van der Waals surface area contributed by atoms with E-state index < -0.39 is 11.8 Å². The summed E-state index contributed by atoms with van der Waals surface area (Å²) in [7, 11) is 2.14. The van der Waals surface area contributed by atoms with Gasteiger partial charge in [-0.1, -0.05) is 26.0 Å². The highest BCUT2D eigenvalue weighted by molar-refractivity contribution is 6.39. The number of amides is 2. The van der Waals surface area contributed by atoms with E-state index in [2.05, 4.69) is 29.2 Å². The number of carbonyl (C=O) groups excluding carboxylic acids is 2. The number of piperidine rings is 1. The molecule has 0 bridgehead atoms. The zero-order chi connectivity index (χ0) is 24.9. The number of hydrogen-bond acceptors (Lipinski definition) is 6. The minimum Gasteiger partial charge on any atom is -0.493 e. The Hall–Kier alpha value is -3.13. The third kappa shape index (κ3) is 6.11. The summed E-state index contributed by atoms with van der Waals surface area (Å²) in [6, 6.07) is 9.58. The van der Waals surface area contributed by atoms with Crippen molar-refractivity contribution in [3.05, 3.63) is 47.7 Å². The molecular weight excluding hydrogens is 442 g/mol. The van der Waals surface area contributed by atoms with Gasteiger partial charge in [-0.2, -0.15) is 0 Å². The van der Waals surface area contributed by atoms with Crippen LogP contribution in [0, 0.1) is 11.8 Å². The second-order valence-electron chi connectivity index (χ2n) is 10.0. The van der Waals surface area contributed by atoms with E-state index in [1.165, 1.54) is 6.20 Å². The maximum Gasteiger partial charge on any atom is 0.313 e. The molecule has 3 N–H and O–H groups in total. The summed E-state index contributed by atoms with van der Waals surface area (Å²) in [6.45, 7) is 7.48. The van der Waals surface area contributed by atoms with E-state index in [4.69, 9.17) is 10.5 Å². The zero-order valence-electron chi connectivity index (χ0n) is 21.0. The van der Waals surface area contributed by atoms with Crippen LogP contribution in [0.1, 0.15) is 50.3 Å². The molecule has 1 aromatic carbocycles. The van der Waals surface area contributed by atoms with Crippen LogP contribution >= 0.6 is 0 Å². The van der Waals surface area contributed by atoms with Crippen LogP contribution in [0.4, 0.5) is 11.5 Å². The molecule has 3 atom stereocenters. The van der Waals surface area contributed by atoms with Crippen LogP contribution in [-0.4, -0.2) is 59.9 Å². The van der Waals surface area contributed by atoms with Gasteiger partial charge in [0.05, 0.1) is 24.5 Å². The van der Waals surface area contributed by atoms with Crippen molar-refractivity contribution in [1.29, 1.82) is 0 Å². The van der Waals surface area contributed by atoms with Crippen molar-refractivity contribution in [3.8, 4) is 5.75 Å². The number of anilines is 2. The number of likely N-dealkylation sites (tertiary alicyclic amines) is 2.